The lowest BCUT2D eigenvalue weighted by Gasteiger charge is -2.04. The van der Waals surface area contributed by atoms with Gasteiger partial charge in [-0.05, 0) is 6.42 Å². The number of H-pyrrole nitrogens is 2. The minimum absolute atomic E-state index is 0.0759. The Morgan fingerprint density at radius 3 is 2.94 bits per heavy atom. The van der Waals surface area contributed by atoms with E-state index in [0.29, 0.717) is 19.8 Å². The normalized spacial score (nSPS) is 10.0. The van der Waals surface area contributed by atoms with Gasteiger partial charge in [-0.1, -0.05) is 6.08 Å². The highest BCUT2D eigenvalue weighted by Gasteiger charge is 1.99. The summed E-state index contributed by atoms with van der Waals surface area (Å²) >= 11 is 0. The maximum atomic E-state index is 11.2. The lowest BCUT2D eigenvalue weighted by molar-refractivity contribution is 0.149. The van der Waals surface area contributed by atoms with Crippen molar-refractivity contribution in [3.63, 3.8) is 0 Å². The highest BCUT2D eigenvalue weighted by molar-refractivity contribution is 5.28. The van der Waals surface area contributed by atoms with Crippen LogP contribution >= 0.6 is 0 Å². The van der Waals surface area contributed by atoms with Gasteiger partial charge in [-0.15, -0.1) is 11.7 Å². The number of rotatable bonds is 7. The summed E-state index contributed by atoms with van der Waals surface area (Å²) in [6, 6.07) is 0. The number of hydrogen-bond donors (Lipinski definition) is 3. The average molecular weight is 226 g/mol. The molecule has 0 aliphatic rings. The molecule has 88 valence electrons. The van der Waals surface area contributed by atoms with Crippen LogP contribution in [0.25, 0.3) is 0 Å². The number of hydrogen-bond acceptors (Lipinski definition) is 5. The summed E-state index contributed by atoms with van der Waals surface area (Å²) < 4.78 is 5.21. The number of anilines is 1. The van der Waals surface area contributed by atoms with Crippen LogP contribution in [-0.2, 0) is 4.74 Å². The summed E-state index contributed by atoms with van der Waals surface area (Å²) in [5.74, 6) is 0.0759. The van der Waals surface area contributed by atoms with Crippen molar-refractivity contribution in [1.29, 1.82) is 0 Å². The molecular weight excluding hydrogens is 212 g/mol. The van der Waals surface area contributed by atoms with Crippen molar-refractivity contribution in [2.45, 2.75) is 6.42 Å². The van der Waals surface area contributed by atoms with Crippen LogP contribution in [-0.4, -0.2) is 34.9 Å². The van der Waals surface area contributed by atoms with E-state index in [-0.39, 0.29) is 5.82 Å². The Morgan fingerprint density at radius 1 is 1.44 bits per heavy atom. The molecule has 0 bridgehead atoms. The second-order valence-corrected chi connectivity index (χ2v) is 2.97. The molecule has 1 heterocycles. The highest BCUT2D eigenvalue weighted by atomic mass is 16.5. The molecule has 0 aliphatic heterocycles. The predicted octanol–water partition coefficient (Wildman–Crippen LogP) is -0.537. The lowest BCUT2D eigenvalue weighted by Crippen LogP contribution is -2.27. The zero-order valence-corrected chi connectivity index (χ0v) is 8.78. The van der Waals surface area contributed by atoms with Gasteiger partial charge >= 0.3 is 5.69 Å². The number of nitrogens with zero attached hydrogens (tertiary/aromatic N) is 1. The molecule has 0 radical (unpaired) electrons. The third kappa shape index (κ3) is 4.09. The molecule has 1 rings (SSSR count). The fraction of sp³-hybridized carbons (Fsp3) is 0.444. The Bertz CT molecular complexity index is 437. The maximum absolute atomic E-state index is 11.2. The standard InChI is InChI=1S/C9H14N4O3/c1-2-3-5-16-6-4-10-7-8(14)11-9(15)13-12-7/h2H,1,3-6H2,(H,10,12)(H2,11,13,14,15). The van der Waals surface area contributed by atoms with Crippen molar-refractivity contribution in [2.75, 3.05) is 25.1 Å². The summed E-state index contributed by atoms with van der Waals surface area (Å²) in [7, 11) is 0. The molecule has 0 fully saturated rings. The van der Waals surface area contributed by atoms with Crippen LogP contribution in [0, 0.1) is 0 Å². The van der Waals surface area contributed by atoms with Gasteiger partial charge in [-0.25, -0.2) is 9.89 Å². The second kappa shape index (κ2) is 6.57. The zero-order chi connectivity index (χ0) is 11.8. The molecule has 0 spiro atoms. The van der Waals surface area contributed by atoms with E-state index in [0.717, 1.165) is 6.42 Å². The third-order valence-electron chi connectivity index (χ3n) is 1.72. The van der Waals surface area contributed by atoms with Crippen molar-refractivity contribution in [3.05, 3.63) is 33.5 Å². The van der Waals surface area contributed by atoms with Gasteiger partial charge in [0, 0.05) is 6.54 Å². The molecule has 16 heavy (non-hydrogen) atoms. The number of nitrogens with one attached hydrogen (secondary N) is 3. The molecule has 1 aromatic rings. The summed E-state index contributed by atoms with van der Waals surface area (Å²) in [6.45, 7) is 5.06. The van der Waals surface area contributed by atoms with Crippen LogP contribution in [0.4, 0.5) is 5.82 Å². The monoisotopic (exact) mass is 226 g/mol. The SMILES string of the molecule is C=CCCOCCNc1n[nH]c(=O)[nH]c1=O. The van der Waals surface area contributed by atoms with Crippen molar-refractivity contribution in [2.24, 2.45) is 0 Å². The average Bonchev–Trinajstić information content (AvgIpc) is 2.26. The molecule has 7 heteroatoms. The van der Waals surface area contributed by atoms with Crippen LogP contribution < -0.4 is 16.6 Å². The topological polar surface area (TPSA) is 99.9 Å². The van der Waals surface area contributed by atoms with Crippen molar-refractivity contribution >= 4 is 5.82 Å². The molecule has 0 atom stereocenters. The maximum Gasteiger partial charge on any atom is 0.342 e. The third-order valence-corrected chi connectivity index (χ3v) is 1.72. The van der Waals surface area contributed by atoms with Crippen LogP contribution in [0.3, 0.4) is 0 Å². The molecule has 0 saturated heterocycles. The fourth-order valence-electron chi connectivity index (χ4n) is 0.978. The Labute approximate surface area is 91.5 Å². The molecule has 0 unspecified atom stereocenters. The minimum atomic E-state index is -0.627. The molecule has 3 N–H and O–H groups in total. The smallest absolute Gasteiger partial charge is 0.342 e. The lowest BCUT2D eigenvalue weighted by atomic mass is 10.4. The van der Waals surface area contributed by atoms with E-state index in [4.69, 9.17) is 4.74 Å². The van der Waals surface area contributed by atoms with Gasteiger partial charge in [0.1, 0.15) is 0 Å². The van der Waals surface area contributed by atoms with Gasteiger partial charge in [-0.3, -0.25) is 9.78 Å². The van der Waals surface area contributed by atoms with E-state index in [1.54, 1.807) is 6.08 Å². The molecular formula is C9H14N4O3. The van der Waals surface area contributed by atoms with Crippen LogP contribution in [0.15, 0.2) is 22.2 Å². The van der Waals surface area contributed by atoms with Gasteiger partial charge in [0.15, 0.2) is 0 Å². The minimum Gasteiger partial charge on any atom is -0.379 e. The summed E-state index contributed by atoms with van der Waals surface area (Å²) in [5, 5.41) is 8.41. The fourth-order valence-corrected chi connectivity index (χ4v) is 0.978. The second-order valence-electron chi connectivity index (χ2n) is 2.97. The van der Waals surface area contributed by atoms with Crippen LogP contribution in [0.2, 0.25) is 0 Å². The zero-order valence-electron chi connectivity index (χ0n) is 8.78. The number of aromatic nitrogens is 3. The van der Waals surface area contributed by atoms with E-state index >= 15 is 0 Å². The Balaban J connectivity index is 2.29. The number of ether oxygens (including phenoxy) is 1. The first-order valence-corrected chi connectivity index (χ1v) is 4.85. The van der Waals surface area contributed by atoms with Crippen molar-refractivity contribution in [1.82, 2.24) is 15.2 Å². The Morgan fingerprint density at radius 2 is 2.25 bits per heavy atom. The van der Waals surface area contributed by atoms with E-state index in [9.17, 15) is 9.59 Å². The summed E-state index contributed by atoms with van der Waals surface area (Å²) in [4.78, 5) is 23.9. The highest BCUT2D eigenvalue weighted by Crippen LogP contribution is 1.87. The molecule has 7 nitrogen and oxygen atoms in total. The van der Waals surface area contributed by atoms with Gasteiger partial charge in [0.25, 0.3) is 5.56 Å². The van der Waals surface area contributed by atoms with Crippen LogP contribution in [0.5, 0.6) is 0 Å². The molecule has 0 aromatic carbocycles. The summed E-state index contributed by atoms with van der Waals surface area (Å²) in [5.41, 5.74) is -1.17. The molecule has 1 aromatic heterocycles. The first-order chi connectivity index (χ1) is 7.74. The molecule has 0 amide bonds. The van der Waals surface area contributed by atoms with E-state index in [1.165, 1.54) is 0 Å². The number of aromatic amines is 2. The Kier molecular flexibility index (Phi) is 5.00. The van der Waals surface area contributed by atoms with Gasteiger partial charge < -0.3 is 10.1 Å². The summed E-state index contributed by atoms with van der Waals surface area (Å²) in [6.07, 6.45) is 2.55. The van der Waals surface area contributed by atoms with Crippen molar-refractivity contribution in [3.8, 4) is 0 Å². The van der Waals surface area contributed by atoms with Gasteiger partial charge in [-0.2, -0.15) is 0 Å². The van der Waals surface area contributed by atoms with E-state index in [2.05, 4.69) is 27.1 Å². The molecule has 0 aliphatic carbocycles. The Hall–Kier alpha value is -1.89. The first-order valence-electron chi connectivity index (χ1n) is 4.85. The first kappa shape index (κ1) is 12.2. The molecule has 0 saturated carbocycles. The quantitative estimate of drug-likeness (QED) is 0.428. The predicted molar refractivity (Wildman–Crippen MR) is 59.6 cm³/mol. The van der Waals surface area contributed by atoms with Crippen LogP contribution in [0.1, 0.15) is 6.42 Å². The van der Waals surface area contributed by atoms with E-state index in [1.807, 2.05) is 0 Å². The van der Waals surface area contributed by atoms with Crippen molar-refractivity contribution < 1.29 is 4.74 Å². The van der Waals surface area contributed by atoms with Gasteiger partial charge in [0.05, 0.1) is 13.2 Å². The van der Waals surface area contributed by atoms with E-state index < -0.39 is 11.2 Å². The largest absolute Gasteiger partial charge is 0.379 e. The van der Waals surface area contributed by atoms with Gasteiger partial charge in [0.2, 0.25) is 5.82 Å².